The predicted octanol–water partition coefficient (Wildman–Crippen LogP) is 1.92. The van der Waals surface area contributed by atoms with Gasteiger partial charge >= 0.3 is 0 Å². The Hall–Kier alpha value is -1.85. The third kappa shape index (κ3) is 3.31. The van der Waals surface area contributed by atoms with Gasteiger partial charge in [-0.1, -0.05) is 13.8 Å². The van der Waals surface area contributed by atoms with E-state index in [4.69, 9.17) is 0 Å². The van der Waals surface area contributed by atoms with Gasteiger partial charge < -0.3 is 14.4 Å². The second-order valence-corrected chi connectivity index (χ2v) is 6.57. The summed E-state index contributed by atoms with van der Waals surface area (Å²) in [6.45, 7) is 7.60. The lowest BCUT2D eigenvalue weighted by molar-refractivity contribution is -0.134. The van der Waals surface area contributed by atoms with Gasteiger partial charge in [0.05, 0.1) is 6.04 Å². The normalized spacial score (nSPS) is 17.5. The van der Waals surface area contributed by atoms with Gasteiger partial charge in [0.1, 0.15) is 11.5 Å². The molecule has 0 spiro atoms. The summed E-state index contributed by atoms with van der Waals surface area (Å²) in [4.78, 5) is 32.3. The maximum atomic E-state index is 12.4. The minimum Gasteiger partial charge on any atom is -0.343 e. The molecule has 1 unspecified atom stereocenters. The molecule has 6 heteroatoms. The average Bonchev–Trinajstić information content (AvgIpc) is 2.89. The molecule has 122 valence electrons. The SMILES string of the molecule is CC(C)CCC(=O)N1CCn2cc(C(=O)N(C)C)nc2C1C. The number of hydrogen-bond acceptors (Lipinski definition) is 3. The summed E-state index contributed by atoms with van der Waals surface area (Å²) < 4.78 is 1.99. The van der Waals surface area contributed by atoms with Crippen molar-refractivity contribution >= 4 is 11.8 Å². The first-order valence-corrected chi connectivity index (χ1v) is 7.89. The molecule has 0 aromatic carbocycles. The van der Waals surface area contributed by atoms with Gasteiger partial charge in [-0.3, -0.25) is 9.59 Å². The van der Waals surface area contributed by atoms with Crippen LogP contribution in [0, 0.1) is 5.92 Å². The Kier molecular flexibility index (Phi) is 4.88. The second-order valence-electron chi connectivity index (χ2n) is 6.57. The van der Waals surface area contributed by atoms with E-state index in [1.165, 1.54) is 4.90 Å². The number of fused-ring (bicyclic) bond motifs is 1. The molecule has 1 aromatic heterocycles. The Morgan fingerprint density at radius 2 is 2.05 bits per heavy atom. The molecule has 0 saturated carbocycles. The van der Waals surface area contributed by atoms with E-state index >= 15 is 0 Å². The number of hydrogen-bond donors (Lipinski definition) is 0. The molecule has 0 bridgehead atoms. The third-order valence-corrected chi connectivity index (χ3v) is 4.11. The minimum atomic E-state index is -0.105. The Morgan fingerprint density at radius 3 is 2.64 bits per heavy atom. The van der Waals surface area contributed by atoms with Gasteiger partial charge in [0.15, 0.2) is 0 Å². The predicted molar refractivity (Wildman–Crippen MR) is 84.4 cm³/mol. The number of carbonyl (C=O) groups excluding carboxylic acids is 2. The highest BCUT2D eigenvalue weighted by molar-refractivity contribution is 5.91. The second kappa shape index (κ2) is 6.50. The summed E-state index contributed by atoms with van der Waals surface area (Å²) in [5, 5.41) is 0. The van der Waals surface area contributed by atoms with Crippen molar-refractivity contribution in [3.8, 4) is 0 Å². The summed E-state index contributed by atoms with van der Waals surface area (Å²) >= 11 is 0. The molecule has 0 fully saturated rings. The number of aromatic nitrogens is 2. The van der Waals surface area contributed by atoms with Crippen LogP contribution in [-0.2, 0) is 11.3 Å². The summed E-state index contributed by atoms with van der Waals surface area (Å²) in [5.41, 5.74) is 0.448. The van der Waals surface area contributed by atoms with Crippen LogP contribution in [0.1, 0.15) is 56.0 Å². The van der Waals surface area contributed by atoms with E-state index < -0.39 is 0 Å². The van der Waals surface area contributed by atoms with E-state index in [1.807, 2.05) is 16.4 Å². The van der Waals surface area contributed by atoms with E-state index in [0.717, 1.165) is 12.2 Å². The quantitative estimate of drug-likeness (QED) is 0.854. The number of carbonyl (C=O) groups is 2. The van der Waals surface area contributed by atoms with Crippen molar-refractivity contribution in [1.29, 1.82) is 0 Å². The zero-order valence-electron chi connectivity index (χ0n) is 14.2. The Morgan fingerprint density at radius 1 is 1.36 bits per heavy atom. The maximum absolute atomic E-state index is 12.4. The fourth-order valence-corrected chi connectivity index (χ4v) is 2.72. The molecule has 2 heterocycles. The molecule has 1 aliphatic rings. The highest BCUT2D eigenvalue weighted by Crippen LogP contribution is 2.26. The number of imidazole rings is 1. The molecule has 1 atom stereocenters. The van der Waals surface area contributed by atoms with Crippen molar-refractivity contribution in [3.05, 3.63) is 17.7 Å². The maximum Gasteiger partial charge on any atom is 0.273 e. The number of rotatable bonds is 4. The van der Waals surface area contributed by atoms with Crippen LogP contribution >= 0.6 is 0 Å². The van der Waals surface area contributed by atoms with E-state index in [0.29, 0.717) is 31.1 Å². The minimum absolute atomic E-state index is 0.0860. The van der Waals surface area contributed by atoms with E-state index in [2.05, 4.69) is 18.8 Å². The first kappa shape index (κ1) is 16.5. The van der Waals surface area contributed by atoms with E-state index in [-0.39, 0.29) is 17.9 Å². The molecule has 1 aliphatic heterocycles. The molecular formula is C16H26N4O2. The smallest absolute Gasteiger partial charge is 0.273 e. The Labute approximate surface area is 132 Å². The number of amides is 2. The van der Waals surface area contributed by atoms with Crippen LogP contribution in [0.4, 0.5) is 0 Å². The molecule has 6 nitrogen and oxygen atoms in total. The van der Waals surface area contributed by atoms with Gasteiger partial charge in [0.2, 0.25) is 5.91 Å². The average molecular weight is 306 g/mol. The van der Waals surface area contributed by atoms with Gasteiger partial charge in [0, 0.05) is 39.8 Å². The summed E-state index contributed by atoms with van der Waals surface area (Å²) in [7, 11) is 3.43. The highest BCUT2D eigenvalue weighted by atomic mass is 16.2. The van der Waals surface area contributed by atoms with Crippen LogP contribution < -0.4 is 0 Å². The summed E-state index contributed by atoms with van der Waals surface area (Å²) in [5.74, 6) is 1.40. The zero-order valence-corrected chi connectivity index (χ0v) is 14.2. The van der Waals surface area contributed by atoms with Crippen LogP contribution in [0.3, 0.4) is 0 Å². The van der Waals surface area contributed by atoms with Crippen LogP contribution in [0.15, 0.2) is 6.20 Å². The van der Waals surface area contributed by atoms with E-state index in [9.17, 15) is 9.59 Å². The monoisotopic (exact) mass is 306 g/mol. The molecule has 22 heavy (non-hydrogen) atoms. The van der Waals surface area contributed by atoms with Gasteiger partial charge in [-0.25, -0.2) is 4.98 Å². The lowest BCUT2D eigenvalue weighted by Gasteiger charge is -2.34. The van der Waals surface area contributed by atoms with Gasteiger partial charge in [-0.2, -0.15) is 0 Å². The molecule has 1 aromatic rings. The lowest BCUT2D eigenvalue weighted by Crippen LogP contribution is -2.41. The largest absolute Gasteiger partial charge is 0.343 e. The van der Waals surface area contributed by atoms with Crippen LogP contribution in [0.25, 0.3) is 0 Å². The third-order valence-electron chi connectivity index (χ3n) is 4.11. The lowest BCUT2D eigenvalue weighted by atomic mass is 10.1. The highest BCUT2D eigenvalue weighted by Gasteiger charge is 2.30. The molecule has 0 saturated heterocycles. The van der Waals surface area contributed by atoms with Crippen molar-refractivity contribution in [2.24, 2.45) is 5.92 Å². The van der Waals surface area contributed by atoms with E-state index in [1.54, 1.807) is 20.3 Å². The molecule has 0 aliphatic carbocycles. The van der Waals surface area contributed by atoms with Crippen molar-refractivity contribution in [2.75, 3.05) is 20.6 Å². The van der Waals surface area contributed by atoms with Gasteiger partial charge in [-0.15, -0.1) is 0 Å². The van der Waals surface area contributed by atoms with Crippen LogP contribution in [-0.4, -0.2) is 51.8 Å². The van der Waals surface area contributed by atoms with Crippen molar-refractivity contribution in [1.82, 2.24) is 19.4 Å². The topological polar surface area (TPSA) is 58.4 Å². The molecule has 0 radical (unpaired) electrons. The van der Waals surface area contributed by atoms with Crippen LogP contribution in [0.5, 0.6) is 0 Å². The molecule has 0 N–H and O–H groups in total. The first-order valence-electron chi connectivity index (χ1n) is 7.89. The standard InChI is InChI=1S/C16H26N4O2/c1-11(2)6-7-14(21)20-9-8-19-10-13(16(22)18(4)5)17-15(19)12(20)3/h10-12H,6-9H2,1-5H3. The number of nitrogens with zero attached hydrogens (tertiary/aromatic N) is 4. The van der Waals surface area contributed by atoms with Crippen molar-refractivity contribution in [3.63, 3.8) is 0 Å². The fraction of sp³-hybridized carbons (Fsp3) is 0.688. The summed E-state index contributed by atoms with van der Waals surface area (Å²) in [6.07, 6.45) is 3.27. The fourth-order valence-electron chi connectivity index (χ4n) is 2.72. The molecular weight excluding hydrogens is 280 g/mol. The Balaban J connectivity index is 2.14. The van der Waals surface area contributed by atoms with Gasteiger partial charge in [-0.05, 0) is 19.3 Å². The zero-order chi connectivity index (χ0) is 16.4. The molecule has 2 rings (SSSR count). The summed E-state index contributed by atoms with van der Waals surface area (Å²) in [6, 6.07) is -0.0860. The van der Waals surface area contributed by atoms with Gasteiger partial charge in [0.25, 0.3) is 5.91 Å². The van der Waals surface area contributed by atoms with Crippen molar-refractivity contribution < 1.29 is 9.59 Å². The Bertz CT molecular complexity index is 562. The van der Waals surface area contributed by atoms with Crippen LogP contribution in [0.2, 0.25) is 0 Å². The van der Waals surface area contributed by atoms with Crippen molar-refractivity contribution in [2.45, 2.75) is 46.2 Å². The molecule has 2 amide bonds. The first-order chi connectivity index (χ1) is 10.3.